The van der Waals surface area contributed by atoms with Crippen LogP contribution < -0.4 is 18.9 Å². The Morgan fingerprint density at radius 1 is 0.500 bits per heavy atom. The van der Waals surface area contributed by atoms with Crippen molar-refractivity contribution in [2.75, 3.05) is 0 Å². The van der Waals surface area contributed by atoms with Crippen LogP contribution in [-0.2, 0) is 0 Å². The zero-order chi connectivity index (χ0) is 28.3. The van der Waals surface area contributed by atoms with Crippen molar-refractivity contribution in [1.29, 1.82) is 0 Å². The van der Waals surface area contributed by atoms with E-state index in [2.05, 4.69) is 133 Å². The Kier molecular flexibility index (Phi) is 12.6. The fourth-order valence-electron chi connectivity index (χ4n) is 5.04. The van der Waals surface area contributed by atoms with E-state index in [1.54, 1.807) is 0 Å². The van der Waals surface area contributed by atoms with Crippen molar-refractivity contribution in [3.05, 3.63) is 69.3 Å². The van der Waals surface area contributed by atoms with Gasteiger partial charge in [0.25, 0.3) is 0 Å². The first-order chi connectivity index (χ1) is 16.9. The second-order valence-electron chi connectivity index (χ2n) is 14.4. The quantitative estimate of drug-likeness (QED) is 0.285. The summed E-state index contributed by atoms with van der Waals surface area (Å²) in [5, 5.41) is 11.2. The van der Waals surface area contributed by atoms with E-state index in [0.717, 1.165) is 6.42 Å². The van der Waals surface area contributed by atoms with Crippen molar-refractivity contribution in [2.45, 2.75) is 139 Å². The Bertz CT molecular complexity index is 872. The largest absolute Gasteiger partial charge is 1.00 e. The molecule has 0 aliphatic rings. The van der Waals surface area contributed by atoms with Gasteiger partial charge in [0.15, 0.2) is 0 Å². The second-order valence-corrected chi connectivity index (χ2v) is 14.4. The van der Waals surface area contributed by atoms with E-state index >= 15 is 0 Å². The fraction of sp³-hybridized carbons (Fsp3) is 0.657. The Morgan fingerprint density at radius 2 is 0.737 bits per heavy atom. The maximum absolute atomic E-state index is 5.62. The van der Waals surface area contributed by atoms with Gasteiger partial charge in [-0.05, 0) is 23.7 Å². The summed E-state index contributed by atoms with van der Waals surface area (Å²) < 4.78 is 0. The van der Waals surface area contributed by atoms with Gasteiger partial charge in [0.05, 0.1) is 0 Å². The average Bonchev–Trinajstić information content (AvgIpc) is 2.75. The van der Waals surface area contributed by atoms with Gasteiger partial charge in [-0.25, -0.2) is 0 Å². The Balaban J connectivity index is 0.00000722. The maximum atomic E-state index is 5.62. The van der Waals surface area contributed by atoms with Crippen LogP contribution in [0.25, 0.3) is 10.6 Å². The predicted molar refractivity (Wildman–Crippen MR) is 166 cm³/mol. The minimum atomic E-state index is 0. The Hall–Kier alpha value is -1.36. The smallest absolute Gasteiger partial charge is 0.681 e. The zero-order valence-electron chi connectivity index (χ0n) is 27.5. The molecule has 0 aliphatic heterocycles. The number of para-hydroxylation sites is 2. The van der Waals surface area contributed by atoms with E-state index in [4.69, 9.17) is 10.6 Å². The van der Waals surface area contributed by atoms with E-state index in [0.29, 0.717) is 23.7 Å². The summed E-state index contributed by atoms with van der Waals surface area (Å²) >= 11 is 0. The minimum Gasteiger partial charge on any atom is -0.681 e. The van der Waals surface area contributed by atoms with Crippen LogP contribution in [0.4, 0.5) is 11.4 Å². The van der Waals surface area contributed by atoms with E-state index in [1.165, 1.54) is 33.6 Å². The number of hydrogen-bond donors (Lipinski definition) is 0. The van der Waals surface area contributed by atoms with Crippen molar-refractivity contribution in [1.82, 2.24) is 0 Å². The average molecular weight is 512 g/mol. The third-order valence-corrected chi connectivity index (χ3v) is 7.70. The first-order valence-corrected chi connectivity index (χ1v) is 14.6. The second kappa shape index (κ2) is 13.8. The summed E-state index contributed by atoms with van der Waals surface area (Å²) in [5.74, 6) is 1.75. The van der Waals surface area contributed by atoms with Gasteiger partial charge in [0.2, 0.25) is 0 Å². The van der Waals surface area contributed by atoms with Crippen LogP contribution in [0.2, 0.25) is 0 Å². The van der Waals surface area contributed by atoms with E-state index in [1.807, 2.05) is 0 Å². The normalized spacial score (nSPS) is 14.2. The van der Waals surface area contributed by atoms with Gasteiger partial charge in [0.1, 0.15) is 0 Å². The van der Waals surface area contributed by atoms with Crippen LogP contribution in [0, 0.1) is 10.8 Å². The molecule has 0 heterocycles. The van der Waals surface area contributed by atoms with Crippen molar-refractivity contribution < 1.29 is 18.9 Å². The van der Waals surface area contributed by atoms with E-state index in [-0.39, 0.29) is 41.8 Å². The van der Waals surface area contributed by atoms with Gasteiger partial charge in [-0.2, -0.15) is 0 Å². The molecule has 0 saturated carbocycles. The molecule has 0 amide bonds. The van der Waals surface area contributed by atoms with Crippen LogP contribution in [0.1, 0.15) is 149 Å². The van der Waals surface area contributed by atoms with E-state index < -0.39 is 0 Å². The van der Waals surface area contributed by atoms with Gasteiger partial charge < -0.3 is 10.6 Å². The van der Waals surface area contributed by atoms with Crippen molar-refractivity contribution >= 4 is 11.4 Å². The molecule has 2 aromatic carbocycles. The molecule has 0 aromatic heterocycles. The fourth-order valence-corrected chi connectivity index (χ4v) is 5.04. The molecule has 0 fully saturated rings. The van der Waals surface area contributed by atoms with Crippen LogP contribution in [0.15, 0.2) is 36.4 Å². The minimum absolute atomic E-state index is 0. The van der Waals surface area contributed by atoms with E-state index in [9.17, 15) is 0 Å². The number of benzene rings is 2. The first kappa shape index (κ1) is 34.7. The number of nitrogens with zero attached hydrogens (tertiary/aromatic N) is 2. The summed E-state index contributed by atoms with van der Waals surface area (Å²) in [6.45, 7) is 32.3. The third-order valence-electron chi connectivity index (χ3n) is 7.70. The molecule has 2 unspecified atom stereocenters. The Morgan fingerprint density at radius 3 is 0.921 bits per heavy atom. The standard InChI is InChI=1S/C35H56N2.Li/c1-22(2)26-17-15-18-27(23(3)4)32(26)36-30(34(9,10)11)21-31(35(12,13)14)37-33-28(24(5)6)19-16-20-29(33)25(7)8;/h15-20,22-25,30-31H,21H2,1-14H3;/q-2;+1. The van der Waals surface area contributed by atoms with Crippen LogP contribution in [0.3, 0.4) is 0 Å². The molecule has 2 aromatic rings. The van der Waals surface area contributed by atoms with Crippen LogP contribution >= 0.6 is 0 Å². The molecular formula is C35H56LiN2-. The van der Waals surface area contributed by atoms with Gasteiger partial charge in [-0.3, -0.25) is 0 Å². The topological polar surface area (TPSA) is 28.2 Å². The SMILES string of the molecule is CC(C)c1cccc(C(C)C)c1[N-]C(CC([N-]c1c(C(C)C)cccc1C(C)C)C(C)(C)C)C(C)(C)C.[Li+]. The zero-order valence-corrected chi connectivity index (χ0v) is 27.5. The third kappa shape index (κ3) is 8.83. The van der Waals surface area contributed by atoms with Gasteiger partial charge >= 0.3 is 18.9 Å². The molecule has 0 N–H and O–H groups in total. The molecule has 0 aliphatic carbocycles. The van der Waals surface area contributed by atoms with Gasteiger partial charge in [0, 0.05) is 0 Å². The van der Waals surface area contributed by atoms with Gasteiger partial charge in [-0.1, -0.05) is 173 Å². The molecular weight excluding hydrogens is 455 g/mol. The van der Waals surface area contributed by atoms with Crippen molar-refractivity contribution in [3.8, 4) is 0 Å². The molecule has 208 valence electrons. The molecule has 3 heteroatoms. The summed E-state index contributed by atoms with van der Waals surface area (Å²) in [6, 6.07) is 13.8. The van der Waals surface area contributed by atoms with Crippen molar-refractivity contribution in [3.63, 3.8) is 0 Å². The van der Waals surface area contributed by atoms with Crippen LogP contribution in [-0.4, -0.2) is 12.1 Å². The molecule has 0 spiro atoms. The Labute approximate surface area is 248 Å². The molecule has 2 atom stereocenters. The number of hydrogen-bond acceptors (Lipinski definition) is 0. The number of rotatable bonds is 10. The van der Waals surface area contributed by atoms with Crippen molar-refractivity contribution in [2.24, 2.45) is 10.8 Å². The predicted octanol–water partition coefficient (Wildman–Crippen LogP) is 9.11. The summed E-state index contributed by atoms with van der Waals surface area (Å²) in [5.41, 5.74) is 7.91. The molecule has 38 heavy (non-hydrogen) atoms. The van der Waals surface area contributed by atoms with Crippen LogP contribution in [0.5, 0.6) is 0 Å². The molecule has 0 saturated heterocycles. The summed E-state index contributed by atoms with van der Waals surface area (Å²) in [6.07, 6.45) is 0.931. The summed E-state index contributed by atoms with van der Waals surface area (Å²) in [7, 11) is 0. The van der Waals surface area contributed by atoms with Gasteiger partial charge in [-0.15, -0.1) is 23.5 Å². The monoisotopic (exact) mass is 511 g/mol. The molecule has 2 rings (SSSR count). The maximum Gasteiger partial charge on any atom is 1.00 e. The molecule has 0 bridgehead atoms. The first-order valence-electron chi connectivity index (χ1n) is 14.6. The molecule has 2 nitrogen and oxygen atoms in total. The molecule has 0 radical (unpaired) electrons. The summed E-state index contributed by atoms with van der Waals surface area (Å²) in [4.78, 5) is 0.